The second-order valence-corrected chi connectivity index (χ2v) is 10.2. The molecule has 1 saturated heterocycles. The zero-order valence-corrected chi connectivity index (χ0v) is 17.7. The summed E-state index contributed by atoms with van der Waals surface area (Å²) in [5.74, 6) is 2.78. The Morgan fingerprint density at radius 2 is 1.68 bits per heavy atom. The molecule has 2 fully saturated rings. The molecule has 0 aromatic heterocycles. The summed E-state index contributed by atoms with van der Waals surface area (Å²) in [5, 5.41) is 6.54. The Hall–Kier alpha value is -1.03. The first kappa shape index (κ1) is 23.3. The molecule has 0 unspecified atom stereocenters. The van der Waals surface area contributed by atoms with Gasteiger partial charge in [0.1, 0.15) is 0 Å². The molecule has 1 heterocycles. The van der Waals surface area contributed by atoms with E-state index in [1.54, 1.807) is 7.05 Å². The van der Waals surface area contributed by atoms with Gasteiger partial charge in [-0.25, -0.2) is 8.42 Å². The second kappa shape index (κ2) is 9.65. The van der Waals surface area contributed by atoms with E-state index in [1.807, 2.05) is 0 Å². The zero-order chi connectivity index (χ0) is 20.9. The molecule has 0 aromatic rings. The zero-order valence-electron chi connectivity index (χ0n) is 16.9. The summed E-state index contributed by atoms with van der Waals surface area (Å²) in [7, 11) is -3.57. The fourth-order valence-electron chi connectivity index (χ4n) is 4.07. The molecule has 0 spiro atoms. The lowest BCUT2D eigenvalue weighted by molar-refractivity contribution is -0.0494. The monoisotopic (exact) mass is 426 g/mol. The van der Waals surface area contributed by atoms with Gasteiger partial charge in [-0.3, -0.25) is 4.99 Å². The van der Waals surface area contributed by atoms with Crippen LogP contribution in [0.2, 0.25) is 0 Å². The third kappa shape index (κ3) is 5.98. The third-order valence-corrected chi connectivity index (χ3v) is 7.67. The Kier molecular flexibility index (Phi) is 8.01. The van der Waals surface area contributed by atoms with Gasteiger partial charge in [0, 0.05) is 32.7 Å². The van der Waals surface area contributed by atoms with Crippen LogP contribution in [0.3, 0.4) is 0 Å². The van der Waals surface area contributed by atoms with Crippen LogP contribution in [0.5, 0.6) is 0 Å². The molecule has 0 aromatic carbocycles. The number of hydrogen-bond acceptors (Lipinski definition) is 3. The van der Waals surface area contributed by atoms with Gasteiger partial charge < -0.3 is 10.6 Å². The topological polar surface area (TPSA) is 73.8 Å². The molecule has 164 valence electrons. The number of alkyl halides is 3. The second-order valence-electron chi connectivity index (χ2n) is 8.25. The van der Waals surface area contributed by atoms with Gasteiger partial charge in [-0.2, -0.15) is 17.5 Å². The van der Waals surface area contributed by atoms with E-state index >= 15 is 0 Å². The molecule has 2 aliphatic rings. The van der Waals surface area contributed by atoms with Crippen molar-refractivity contribution in [3.8, 4) is 0 Å². The summed E-state index contributed by atoms with van der Waals surface area (Å²) in [5.41, 5.74) is -5.24. The average molecular weight is 427 g/mol. The number of piperidine rings is 1. The number of rotatable bonds is 5. The van der Waals surface area contributed by atoms with E-state index in [0.717, 1.165) is 18.4 Å². The number of nitrogens with one attached hydrogen (secondary N) is 2. The molecule has 1 saturated carbocycles. The highest BCUT2D eigenvalue weighted by Gasteiger charge is 2.50. The van der Waals surface area contributed by atoms with Gasteiger partial charge in [0.25, 0.3) is 0 Å². The van der Waals surface area contributed by atoms with E-state index in [4.69, 9.17) is 0 Å². The van der Waals surface area contributed by atoms with E-state index in [0.29, 0.717) is 29.0 Å². The predicted octanol–water partition coefficient (Wildman–Crippen LogP) is 2.93. The molecule has 0 bridgehead atoms. The summed E-state index contributed by atoms with van der Waals surface area (Å²) in [6, 6.07) is -0.0949. The number of halogens is 3. The van der Waals surface area contributed by atoms with E-state index < -0.39 is 15.5 Å². The van der Waals surface area contributed by atoms with Gasteiger partial charge in [0.15, 0.2) is 5.96 Å². The van der Waals surface area contributed by atoms with Crippen molar-refractivity contribution in [2.24, 2.45) is 22.7 Å². The summed E-state index contributed by atoms with van der Waals surface area (Å²) >= 11 is 0. The molecule has 1 aliphatic heterocycles. The first-order valence-corrected chi connectivity index (χ1v) is 11.5. The van der Waals surface area contributed by atoms with Crippen LogP contribution in [0.1, 0.15) is 52.4 Å². The maximum Gasteiger partial charge on any atom is 0.511 e. The Balaban J connectivity index is 1.75. The summed E-state index contributed by atoms with van der Waals surface area (Å²) in [6.45, 7) is 5.09. The summed E-state index contributed by atoms with van der Waals surface area (Å²) in [6.07, 6.45) is 5.52. The van der Waals surface area contributed by atoms with Crippen molar-refractivity contribution in [2.75, 3.05) is 26.7 Å². The minimum atomic E-state index is -5.24. The highest BCUT2D eigenvalue weighted by Crippen LogP contribution is 2.33. The van der Waals surface area contributed by atoms with Gasteiger partial charge in [0.2, 0.25) is 0 Å². The number of aliphatic imine (C=N–C) groups is 1. The van der Waals surface area contributed by atoms with Gasteiger partial charge >= 0.3 is 15.5 Å². The van der Waals surface area contributed by atoms with Crippen LogP contribution in [0.15, 0.2) is 4.99 Å². The fourth-order valence-corrected chi connectivity index (χ4v) is 5.06. The number of nitrogens with zero attached hydrogens (tertiary/aromatic N) is 2. The lowest BCUT2D eigenvalue weighted by atomic mass is 9.77. The standard InChI is InChI=1S/C18H33F3N4O2S/c1-13(2)15-6-4-14(5-7-15)12-23-17(22-3)24-16-8-10-25(11-9-16)28(26,27)18(19,20)21/h13-16H,4-12H2,1-3H3,(H2,22,23,24). The average Bonchev–Trinajstić information content (AvgIpc) is 2.65. The predicted molar refractivity (Wildman–Crippen MR) is 104 cm³/mol. The number of guanidine groups is 1. The normalized spacial score (nSPS) is 26.5. The van der Waals surface area contributed by atoms with E-state index in [9.17, 15) is 21.6 Å². The molecule has 0 amide bonds. The first-order valence-electron chi connectivity index (χ1n) is 10.1. The van der Waals surface area contributed by atoms with E-state index in [2.05, 4.69) is 29.5 Å². The Bertz CT molecular complexity index is 621. The van der Waals surface area contributed by atoms with Crippen molar-refractivity contribution in [2.45, 2.75) is 63.9 Å². The van der Waals surface area contributed by atoms with Crippen LogP contribution in [-0.4, -0.2) is 56.9 Å². The maximum atomic E-state index is 12.7. The number of sulfonamides is 1. The van der Waals surface area contributed by atoms with Gasteiger partial charge in [-0.1, -0.05) is 13.8 Å². The van der Waals surface area contributed by atoms with Crippen LogP contribution < -0.4 is 10.6 Å². The highest BCUT2D eigenvalue weighted by molar-refractivity contribution is 7.90. The molecular weight excluding hydrogens is 393 g/mol. The fraction of sp³-hybridized carbons (Fsp3) is 0.944. The molecule has 2 rings (SSSR count). The van der Waals surface area contributed by atoms with Crippen molar-refractivity contribution < 1.29 is 21.6 Å². The first-order chi connectivity index (χ1) is 13.0. The van der Waals surface area contributed by atoms with Crippen molar-refractivity contribution in [1.29, 1.82) is 0 Å². The Labute approximate surface area is 166 Å². The van der Waals surface area contributed by atoms with Gasteiger partial charge in [-0.05, 0) is 56.3 Å². The Morgan fingerprint density at radius 3 is 2.14 bits per heavy atom. The van der Waals surface area contributed by atoms with Crippen LogP contribution in [0.25, 0.3) is 0 Å². The van der Waals surface area contributed by atoms with Crippen molar-refractivity contribution in [3.05, 3.63) is 0 Å². The Morgan fingerprint density at radius 1 is 1.11 bits per heavy atom. The van der Waals surface area contributed by atoms with Crippen molar-refractivity contribution in [1.82, 2.24) is 14.9 Å². The highest BCUT2D eigenvalue weighted by atomic mass is 32.2. The quantitative estimate of drug-likeness (QED) is 0.524. The number of hydrogen-bond donors (Lipinski definition) is 2. The SMILES string of the molecule is CN=C(NCC1CCC(C(C)C)CC1)NC1CCN(S(=O)(=O)C(F)(F)F)CC1. The van der Waals surface area contributed by atoms with Gasteiger partial charge in [0.05, 0.1) is 0 Å². The minimum Gasteiger partial charge on any atom is -0.356 e. The van der Waals surface area contributed by atoms with Crippen LogP contribution in [-0.2, 0) is 10.0 Å². The summed E-state index contributed by atoms with van der Waals surface area (Å²) < 4.78 is 61.4. The van der Waals surface area contributed by atoms with E-state index in [1.165, 1.54) is 25.7 Å². The smallest absolute Gasteiger partial charge is 0.356 e. The van der Waals surface area contributed by atoms with Crippen LogP contribution in [0.4, 0.5) is 13.2 Å². The molecule has 0 atom stereocenters. The van der Waals surface area contributed by atoms with Crippen molar-refractivity contribution >= 4 is 16.0 Å². The lowest BCUT2D eigenvalue weighted by Gasteiger charge is -2.33. The van der Waals surface area contributed by atoms with E-state index in [-0.39, 0.29) is 19.1 Å². The largest absolute Gasteiger partial charge is 0.511 e. The lowest BCUT2D eigenvalue weighted by Crippen LogP contribution is -2.52. The molecule has 10 heteroatoms. The molecule has 2 N–H and O–H groups in total. The third-order valence-electron chi connectivity index (χ3n) is 6.04. The molecule has 6 nitrogen and oxygen atoms in total. The molecule has 28 heavy (non-hydrogen) atoms. The maximum absolute atomic E-state index is 12.7. The van der Waals surface area contributed by atoms with Gasteiger partial charge in [-0.15, -0.1) is 0 Å². The minimum absolute atomic E-state index is 0.0949. The molecular formula is C18H33F3N4O2S. The summed E-state index contributed by atoms with van der Waals surface area (Å²) in [4.78, 5) is 4.20. The van der Waals surface area contributed by atoms with Crippen LogP contribution >= 0.6 is 0 Å². The van der Waals surface area contributed by atoms with Crippen LogP contribution in [0, 0.1) is 17.8 Å². The molecule has 0 radical (unpaired) electrons. The molecule has 1 aliphatic carbocycles. The van der Waals surface area contributed by atoms with Crippen molar-refractivity contribution in [3.63, 3.8) is 0 Å².